The molecule has 7 nitrogen and oxygen atoms in total. The molecule has 0 aliphatic heterocycles. The molecule has 8 heteroatoms. The van der Waals surface area contributed by atoms with Gasteiger partial charge in [-0.25, -0.2) is 0 Å². The van der Waals surface area contributed by atoms with Crippen LogP contribution in [0.2, 0.25) is 5.02 Å². The largest absolute Gasteiger partial charge is 0.280 e. The number of nitro benzene ring substituents is 1. The number of carbonyl (C=O) groups is 1. The predicted octanol–water partition coefficient (Wildman–Crippen LogP) is 2.99. The fraction of sp³-hybridized carbons (Fsp3) is 0.0714. The fourth-order valence-corrected chi connectivity index (χ4v) is 2.33. The van der Waals surface area contributed by atoms with Crippen LogP contribution in [-0.2, 0) is 0 Å². The molecule has 0 aliphatic carbocycles. The summed E-state index contributed by atoms with van der Waals surface area (Å²) in [5, 5.41) is 19.0. The Morgan fingerprint density at radius 3 is 2.73 bits per heavy atom. The van der Waals surface area contributed by atoms with Crippen molar-refractivity contribution in [3.63, 3.8) is 0 Å². The molecule has 0 radical (unpaired) electrons. The molecule has 110 valence electrons. The lowest BCUT2D eigenvalue weighted by molar-refractivity contribution is -0.385. The Balaban J connectivity index is 2.06. The van der Waals surface area contributed by atoms with Crippen LogP contribution in [0.4, 0.5) is 5.69 Å². The average Bonchev–Trinajstić information content (AvgIpc) is 2.88. The van der Waals surface area contributed by atoms with E-state index in [9.17, 15) is 14.9 Å². The Labute approximate surface area is 129 Å². The maximum absolute atomic E-state index is 12.5. The lowest BCUT2D eigenvalue weighted by Gasteiger charge is -2.03. The molecule has 3 aromatic rings. The van der Waals surface area contributed by atoms with Gasteiger partial charge in [0.25, 0.3) is 11.6 Å². The van der Waals surface area contributed by atoms with E-state index >= 15 is 0 Å². The third-order valence-corrected chi connectivity index (χ3v) is 3.48. The lowest BCUT2D eigenvalue weighted by atomic mass is 10.1. The molecule has 0 atom stereocenters. The van der Waals surface area contributed by atoms with Crippen LogP contribution in [-0.4, -0.2) is 25.8 Å². The normalized spacial score (nSPS) is 10.8. The van der Waals surface area contributed by atoms with E-state index in [1.54, 1.807) is 25.1 Å². The van der Waals surface area contributed by atoms with Crippen molar-refractivity contribution in [1.82, 2.24) is 15.0 Å². The first-order valence-corrected chi connectivity index (χ1v) is 6.66. The zero-order valence-corrected chi connectivity index (χ0v) is 12.1. The zero-order chi connectivity index (χ0) is 15.9. The summed E-state index contributed by atoms with van der Waals surface area (Å²) in [5.41, 5.74) is 1.69. The number of rotatable bonds is 2. The fourth-order valence-electron chi connectivity index (χ4n) is 2.16. The number of aromatic nitrogens is 3. The summed E-state index contributed by atoms with van der Waals surface area (Å²) in [5.74, 6) is -0.414. The number of fused-ring (bicyclic) bond motifs is 1. The third-order valence-electron chi connectivity index (χ3n) is 3.24. The van der Waals surface area contributed by atoms with Crippen molar-refractivity contribution in [3.05, 3.63) is 62.7 Å². The molecule has 22 heavy (non-hydrogen) atoms. The maximum atomic E-state index is 12.5. The predicted molar refractivity (Wildman–Crippen MR) is 80.1 cm³/mol. The van der Waals surface area contributed by atoms with Crippen LogP contribution in [0.3, 0.4) is 0 Å². The van der Waals surface area contributed by atoms with Crippen molar-refractivity contribution in [2.45, 2.75) is 6.92 Å². The van der Waals surface area contributed by atoms with E-state index in [0.717, 1.165) is 4.68 Å². The van der Waals surface area contributed by atoms with Gasteiger partial charge in [-0.2, -0.15) is 4.68 Å². The molecule has 2 aromatic carbocycles. The number of carbonyl (C=O) groups excluding carboxylic acids is 1. The van der Waals surface area contributed by atoms with Crippen molar-refractivity contribution in [2.75, 3.05) is 0 Å². The number of hydrogen-bond donors (Lipinski definition) is 0. The van der Waals surface area contributed by atoms with Gasteiger partial charge in [0.1, 0.15) is 5.52 Å². The summed E-state index contributed by atoms with van der Waals surface area (Å²) in [7, 11) is 0. The highest BCUT2D eigenvalue weighted by Crippen LogP contribution is 2.21. The second-order valence-electron chi connectivity index (χ2n) is 4.70. The summed E-state index contributed by atoms with van der Waals surface area (Å²) < 4.78 is 1.15. The molecule has 1 aromatic heterocycles. The zero-order valence-electron chi connectivity index (χ0n) is 11.4. The smallest absolute Gasteiger partial charge is 0.267 e. The molecule has 0 N–H and O–H groups in total. The number of halogens is 1. The van der Waals surface area contributed by atoms with Crippen LogP contribution in [0.15, 0.2) is 36.4 Å². The highest BCUT2D eigenvalue weighted by Gasteiger charge is 2.17. The van der Waals surface area contributed by atoms with E-state index in [4.69, 9.17) is 11.6 Å². The molecular formula is C14H9ClN4O3. The Morgan fingerprint density at radius 1 is 1.27 bits per heavy atom. The molecule has 3 rings (SSSR count). The van der Waals surface area contributed by atoms with Crippen LogP contribution >= 0.6 is 11.6 Å². The first kappa shape index (κ1) is 14.2. The second-order valence-corrected chi connectivity index (χ2v) is 5.13. The molecule has 0 saturated heterocycles. The molecule has 1 heterocycles. The van der Waals surface area contributed by atoms with Gasteiger partial charge in [0.2, 0.25) is 0 Å². The average molecular weight is 317 g/mol. The van der Waals surface area contributed by atoms with Gasteiger partial charge in [-0.3, -0.25) is 14.9 Å². The molecule has 0 fully saturated rings. The van der Waals surface area contributed by atoms with E-state index < -0.39 is 10.8 Å². The van der Waals surface area contributed by atoms with Crippen LogP contribution < -0.4 is 0 Å². The van der Waals surface area contributed by atoms with E-state index in [-0.39, 0.29) is 5.69 Å². The molecule has 0 spiro atoms. The van der Waals surface area contributed by atoms with Crippen LogP contribution in [0, 0.1) is 17.0 Å². The number of nitro groups is 1. The molecule has 0 aliphatic rings. The third kappa shape index (κ3) is 2.31. The summed E-state index contributed by atoms with van der Waals surface area (Å²) in [6, 6.07) is 9.06. The van der Waals surface area contributed by atoms with Crippen LogP contribution in [0.5, 0.6) is 0 Å². The number of hydrogen-bond acceptors (Lipinski definition) is 5. The van der Waals surface area contributed by atoms with Gasteiger partial charge in [0.15, 0.2) is 0 Å². The number of aryl methyl sites for hydroxylation is 1. The molecule has 0 saturated carbocycles. The van der Waals surface area contributed by atoms with Gasteiger partial charge in [-0.05, 0) is 37.3 Å². The van der Waals surface area contributed by atoms with Crippen molar-refractivity contribution < 1.29 is 9.72 Å². The van der Waals surface area contributed by atoms with Gasteiger partial charge in [0, 0.05) is 22.2 Å². The van der Waals surface area contributed by atoms with Crippen molar-refractivity contribution >= 4 is 34.2 Å². The lowest BCUT2D eigenvalue weighted by Crippen LogP contribution is -2.14. The number of benzene rings is 2. The van der Waals surface area contributed by atoms with E-state index in [1.165, 1.54) is 18.2 Å². The topological polar surface area (TPSA) is 90.9 Å². The summed E-state index contributed by atoms with van der Waals surface area (Å²) in [4.78, 5) is 22.8. The molecule has 0 amide bonds. The van der Waals surface area contributed by atoms with Crippen molar-refractivity contribution in [2.24, 2.45) is 0 Å². The highest BCUT2D eigenvalue weighted by atomic mass is 35.5. The van der Waals surface area contributed by atoms with Crippen molar-refractivity contribution in [1.29, 1.82) is 0 Å². The van der Waals surface area contributed by atoms with Gasteiger partial charge in [0.05, 0.1) is 10.4 Å². The van der Waals surface area contributed by atoms with Gasteiger partial charge < -0.3 is 0 Å². The standard InChI is InChI=1S/C14H9ClN4O3/c1-8-6-9(2-4-12(8)19(21)22)14(20)18-13-5-3-10(15)7-11(13)16-17-18/h2-7H,1H3. The molecule has 0 unspecified atom stereocenters. The SMILES string of the molecule is Cc1cc(C(=O)n2nnc3cc(Cl)ccc32)ccc1[N+](=O)[O-]. The minimum Gasteiger partial charge on any atom is -0.267 e. The maximum Gasteiger partial charge on any atom is 0.280 e. The van der Waals surface area contributed by atoms with E-state index in [2.05, 4.69) is 10.3 Å². The van der Waals surface area contributed by atoms with Crippen LogP contribution in [0.1, 0.15) is 15.9 Å². The van der Waals surface area contributed by atoms with Gasteiger partial charge in [-0.15, -0.1) is 5.10 Å². The van der Waals surface area contributed by atoms with E-state index in [1.807, 2.05) is 0 Å². The Hall–Kier alpha value is -2.80. The second kappa shape index (κ2) is 5.19. The quantitative estimate of drug-likeness (QED) is 0.535. The van der Waals surface area contributed by atoms with Gasteiger partial charge in [-0.1, -0.05) is 16.8 Å². The molecule has 0 bridgehead atoms. The van der Waals surface area contributed by atoms with Crippen LogP contribution in [0.25, 0.3) is 11.0 Å². The van der Waals surface area contributed by atoms with Crippen molar-refractivity contribution in [3.8, 4) is 0 Å². The minimum absolute atomic E-state index is 0.0354. The van der Waals surface area contributed by atoms with E-state index in [0.29, 0.717) is 27.2 Å². The Kier molecular flexibility index (Phi) is 3.34. The Bertz CT molecular complexity index is 920. The summed E-state index contributed by atoms with van der Waals surface area (Å²) >= 11 is 5.87. The summed E-state index contributed by atoms with van der Waals surface area (Å²) in [6.45, 7) is 1.58. The highest BCUT2D eigenvalue weighted by molar-refractivity contribution is 6.31. The van der Waals surface area contributed by atoms with Gasteiger partial charge >= 0.3 is 0 Å². The monoisotopic (exact) mass is 316 g/mol. The molecular weight excluding hydrogens is 308 g/mol. The first-order chi connectivity index (χ1) is 10.5. The Morgan fingerprint density at radius 2 is 2.05 bits per heavy atom. The minimum atomic E-state index is -0.490. The first-order valence-electron chi connectivity index (χ1n) is 6.28. The summed E-state index contributed by atoms with van der Waals surface area (Å²) in [6.07, 6.45) is 0. The number of nitrogens with zero attached hydrogens (tertiary/aromatic N) is 4.